The Hall–Kier alpha value is -3.54. The summed E-state index contributed by atoms with van der Waals surface area (Å²) in [4.78, 5) is 27.0. The lowest BCUT2D eigenvalue weighted by Gasteiger charge is -2.26. The zero-order valence-electron chi connectivity index (χ0n) is 23.5. The van der Waals surface area contributed by atoms with E-state index in [0.717, 1.165) is 22.5 Å². The molecule has 6 heteroatoms. The molecule has 6 nitrogen and oxygen atoms in total. The summed E-state index contributed by atoms with van der Waals surface area (Å²) in [5, 5.41) is 0. The summed E-state index contributed by atoms with van der Waals surface area (Å²) in [7, 11) is 3.44. The molecular weight excluding hydrogens is 452 g/mol. The minimum Gasteiger partial charge on any atom is -0.443 e. The largest absolute Gasteiger partial charge is 0.443 e. The highest BCUT2D eigenvalue weighted by molar-refractivity contribution is 5.82. The van der Waals surface area contributed by atoms with Crippen LogP contribution in [-0.2, 0) is 9.47 Å². The Labute approximate surface area is 217 Å². The molecule has 196 valence electrons. The second kappa shape index (κ2) is 13.5. The van der Waals surface area contributed by atoms with Crippen LogP contribution in [0.4, 0.5) is 9.59 Å². The monoisotopic (exact) mass is 494 g/mol. The van der Waals surface area contributed by atoms with Crippen LogP contribution in [0.1, 0.15) is 66.5 Å². The lowest BCUT2D eigenvalue weighted by molar-refractivity contribution is 0.0376. The van der Waals surface area contributed by atoms with E-state index in [1.807, 2.05) is 128 Å². The van der Waals surface area contributed by atoms with Gasteiger partial charge in [0.1, 0.15) is 11.2 Å². The van der Waals surface area contributed by atoms with Gasteiger partial charge in [0.15, 0.2) is 0 Å². The molecule has 0 N–H and O–H groups in total. The van der Waals surface area contributed by atoms with E-state index < -0.39 is 11.2 Å². The minimum atomic E-state index is -0.485. The molecule has 0 fully saturated rings. The standard InChI is InChI=1S/2C15H21NO2/c2*1-6-13(12-10-8-7-9-11-12)16(5)14(17)18-15(2,3)4/h2*6-11H,1-5H3/b2*13-6+. The topological polar surface area (TPSA) is 59.1 Å². The molecule has 2 aromatic rings. The van der Waals surface area contributed by atoms with Gasteiger partial charge in [0.05, 0.1) is 0 Å². The predicted octanol–water partition coefficient (Wildman–Crippen LogP) is 7.83. The zero-order valence-corrected chi connectivity index (χ0v) is 23.5. The van der Waals surface area contributed by atoms with Gasteiger partial charge in [-0.05, 0) is 66.5 Å². The molecule has 0 aliphatic rings. The number of ether oxygens (including phenoxy) is 2. The Morgan fingerprint density at radius 2 is 0.889 bits per heavy atom. The van der Waals surface area contributed by atoms with Gasteiger partial charge in [-0.15, -0.1) is 0 Å². The lowest BCUT2D eigenvalue weighted by atomic mass is 10.1. The van der Waals surface area contributed by atoms with E-state index >= 15 is 0 Å². The van der Waals surface area contributed by atoms with E-state index in [9.17, 15) is 9.59 Å². The Kier molecular flexibility index (Phi) is 11.5. The highest BCUT2D eigenvalue weighted by Gasteiger charge is 2.23. The Morgan fingerprint density at radius 1 is 0.611 bits per heavy atom. The van der Waals surface area contributed by atoms with Crippen molar-refractivity contribution in [2.45, 2.75) is 66.6 Å². The van der Waals surface area contributed by atoms with Gasteiger partial charge < -0.3 is 9.47 Å². The molecule has 2 rings (SSSR count). The fourth-order valence-electron chi connectivity index (χ4n) is 3.18. The predicted molar refractivity (Wildman–Crippen MR) is 148 cm³/mol. The summed E-state index contributed by atoms with van der Waals surface area (Å²) < 4.78 is 10.7. The highest BCUT2D eigenvalue weighted by Crippen LogP contribution is 2.21. The minimum absolute atomic E-state index is 0.348. The van der Waals surface area contributed by atoms with Crippen molar-refractivity contribution in [3.63, 3.8) is 0 Å². The summed E-state index contributed by atoms with van der Waals surface area (Å²) in [6.07, 6.45) is 3.11. The van der Waals surface area contributed by atoms with Crippen molar-refractivity contribution >= 4 is 23.6 Å². The van der Waals surface area contributed by atoms with E-state index in [0.29, 0.717) is 0 Å². The maximum absolute atomic E-state index is 12.0. The van der Waals surface area contributed by atoms with Crippen molar-refractivity contribution in [1.82, 2.24) is 9.80 Å². The van der Waals surface area contributed by atoms with E-state index in [-0.39, 0.29) is 12.2 Å². The smallest absolute Gasteiger partial charge is 0.414 e. The average molecular weight is 495 g/mol. The van der Waals surface area contributed by atoms with Crippen molar-refractivity contribution in [2.24, 2.45) is 0 Å². The van der Waals surface area contributed by atoms with Crippen molar-refractivity contribution in [1.29, 1.82) is 0 Å². The third-order valence-corrected chi connectivity index (χ3v) is 4.74. The summed E-state index contributed by atoms with van der Waals surface area (Å²) in [6, 6.07) is 19.6. The summed E-state index contributed by atoms with van der Waals surface area (Å²) in [5.41, 5.74) is 2.69. The number of rotatable bonds is 4. The molecular formula is C30H42N2O4. The quantitative estimate of drug-likeness (QED) is 0.434. The van der Waals surface area contributed by atoms with Crippen LogP contribution in [0.25, 0.3) is 11.4 Å². The second-order valence-electron chi connectivity index (χ2n) is 10.2. The molecule has 2 aromatic carbocycles. The number of carbonyl (C=O) groups excluding carboxylic acids is 2. The van der Waals surface area contributed by atoms with Gasteiger partial charge >= 0.3 is 12.2 Å². The van der Waals surface area contributed by atoms with Crippen LogP contribution in [0.2, 0.25) is 0 Å². The Balaban J connectivity index is 0.000000360. The first-order chi connectivity index (χ1) is 16.7. The van der Waals surface area contributed by atoms with E-state index in [1.54, 1.807) is 14.1 Å². The van der Waals surface area contributed by atoms with Crippen LogP contribution in [0.15, 0.2) is 72.8 Å². The molecule has 2 amide bonds. The number of carbonyl (C=O) groups is 2. The first-order valence-corrected chi connectivity index (χ1v) is 12.1. The molecule has 0 atom stereocenters. The van der Waals surface area contributed by atoms with Crippen LogP contribution in [0.5, 0.6) is 0 Å². The van der Waals surface area contributed by atoms with Gasteiger partial charge in [-0.2, -0.15) is 0 Å². The average Bonchev–Trinajstić information content (AvgIpc) is 2.79. The first kappa shape index (κ1) is 30.5. The van der Waals surface area contributed by atoms with Crippen molar-refractivity contribution in [2.75, 3.05) is 14.1 Å². The maximum Gasteiger partial charge on any atom is 0.414 e. The summed E-state index contributed by atoms with van der Waals surface area (Å²) in [6.45, 7) is 15.0. The zero-order chi connectivity index (χ0) is 27.5. The third-order valence-electron chi connectivity index (χ3n) is 4.74. The number of hydrogen-bond acceptors (Lipinski definition) is 4. The molecule has 0 aromatic heterocycles. The molecule has 0 saturated carbocycles. The van der Waals surface area contributed by atoms with Crippen molar-refractivity contribution < 1.29 is 19.1 Å². The van der Waals surface area contributed by atoms with Crippen LogP contribution in [-0.4, -0.2) is 47.3 Å². The molecule has 0 unspecified atom stereocenters. The number of amides is 2. The third kappa shape index (κ3) is 10.4. The number of benzene rings is 2. The van der Waals surface area contributed by atoms with Gasteiger partial charge in [-0.1, -0.05) is 72.8 Å². The van der Waals surface area contributed by atoms with E-state index in [4.69, 9.17) is 9.47 Å². The number of allylic oxidation sites excluding steroid dienone is 2. The first-order valence-electron chi connectivity index (χ1n) is 12.1. The van der Waals surface area contributed by atoms with E-state index in [1.165, 1.54) is 9.80 Å². The number of nitrogens with zero attached hydrogens (tertiary/aromatic N) is 2. The Bertz CT molecular complexity index is 945. The van der Waals surface area contributed by atoms with Gasteiger partial charge in [0.25, 0.3) is 0 Å². The molecule has 0 radical (unpaired) electrons. The SMILES string of the molecule is C/C=C(\c1ccccc1)N(C)C(=O)OC(C)(C)C.C/C=C(\c1ccccc1)N(C)C(=O)OC(C)(C)C. The Morgan fingerprint density at radius 3 is 1.11 bits per heavy atom. The van der Waals surface area contributed by atoms with E-state index in [2.05, 4.69) is 0 Å². The van der Waals surface area contributed by atoms with Gasteiger partial charge in [-0.3, -0.25) is 9.80 Å². The molecule has 36 heavy (non-hydrogen) atoms. The van der Waals surface area contributed by atoms with Gasteiger partial charge in [0, 0.05) is 25.5 Å². The highest BCUT2D eigenvalue weighted by atomic mass is 16.6. The number of hydrogen-bond donors (Lipinski definition) is 0. The molecule has 0 aliphatic heterocycles. The fraction of sp³-hybridized carbons (Fsp3) is 0.400. The van der Waals surface area contributed by atoms with Crippen molar-refractivity contribution in [3.8, 4) is 0 Å². The van der Waals surface area contributed by atoms with Crippen LogP contribution in [0.3, 0.4) is 0 Å². The summed E-state index contributed by atoms with van der Waals surface area (Å²) >= 11 is 0. The fourth-order valence-corrected chi connectivity index (χ4v) is 3.18. The van der Waals surface area contributed by atoms with Crippen LogP contribution >= 0.6 is 0 Å². The summed E-state index contributed by atoms with van der Waals surface area (Å²) in [5.74, 6) is 0. The molecule has 0 bridgehead atoms. The molecule has 0 heterocycles. The van der Waals surface area contributed by atoms with Crippen LogP contribution < -0.4 is 0 Å². The second-order valence-corrected chi connectivity index (χ2v) is 10.2. The van der Waals surface area contributed by atoms with Gasteiger partial charge in [-0.25, -0.2) is 9.59 Å². The normalized spacial score (nSPS) is 12.2. The maximum atomic E-state index is 12.0. The lowest BCUT2D eigenvalue weighted by Crippen LogP contribution is -2.33. The van der Waals surface area contributed by atoms with Crippen LogP contribution in [0, 0.1) is 0 Å². The molecule has 0 aliphatic carbocycles. The van der Waals surface area contributed by atoms with Crippen molar-refractivity contribution in [3.05, 3.63) is 83.9 Å². The van der Waals surface area contributed by atoms with Gasteiger partial charge in [0.2, 0.25) is 0 Å². The molecule has 0 spiro atoms. The molecule has 0 saturated heterocycles.